The van der Waals surface area contributed by atoms with E-state index in [-0.39, 0.29) is 5.92 Å². The van der Waals surface area contributed by atoms with Gasteiger partial charge in [0.1, 0.15) is 11.5 Å². The molecule has 0 N–H and O–H groups in total. The average molecular weight is 376 g/mol. The molecule has 5 heteroatoms. The summed E-state index contributed by atoms with van der Waals surface area (Å²) in [5, 5.41) is 0. The molecule has 0 heterocycles. The maximum Gasteiger partial charge on any atom is 0.201 e. The van der Waals surface area contributed by atoms with Crippen molar-refractivity contribution in [3.05, 3.63) is 59.7 Å². The second kappa shape index (κ2) is 9.27. The maximum atomic E-state index is 6.18. The molecule has 2 rings (SSSR count). The zero-order valence-corrected chi connectivity index (χ0v) is 15.9. The van der Waals surface area contributed by atoms with Gasteiger partial charge in [-0.2, -0.15) is 0 Å². The molecule has 0 amide bonds. The van der Waals surface area contributed by atoms with E-state index in [2.05, 4.69) is 0 Å². The highest BCUT2D eigenvalue weighted by atomic mass is 35.6. The Morgan fingerprint density at radius 1 is 0.696 bits per heavy atom. The molecule has 0 saturated carbocycles. The van der Waals surface area contributed by atoms with Crippen molar-refractivity contribution >= 4 is 34.8 Å². The molecule has 0 fully saturated rings. The summed E-state index contributed by atoms with van der Waals surface area (Å²) in [4.78, 5) is 0. The predicted octanol–water partition coefficient (Wildman–Crippen LogP) is 6.23. The lowest BCUT2D eigenvalue weighted by molar-refractivity contribution is 0.414. The highest BCUT2D eigenvalue weighted by molar-refractivity contribution is 6.68. The fourth-order valence-corrected chi connectivity index (χ4v) is 2.92. The van der Waals surface area contributed by atoms with Crippen molar-refractivity contribution in [3.8, 4) is 11.5 Å². The van der Waals surface area contributed by atoms with Gasteiger partial charge in [0.2, 0.25) is 3.79 Å². The highest BCUT2D eigenvalue weighted by Crippen LogP contribution is 2.46. The van der Waals surface area contributed by atoms with Crippen molar-refractivity contribution < 1.29 is 9.47 Å². The van der Waals surface area contributed by atoms with Gasteiger partial charge in [-0.3, -0.25) is 0 Å². The Kier molecular flexibility index (Phi) is 8.04. The first-order valence-corrected chi connectivity index (χ1v) is 8.43. The van der Waals surface area contributed by atoms with E-state index in [4.69, 9.17) is 44.3 Å². The SMILES string of the molecule is CC.COc1ccc(C(c2ccc(OC)cc2)C(Cl)(Cl)Cl)cc1. The predicted molar refractivity (Wildman–Crippen MR) is 99.5 cm³/mol. The summed E-state index contributed by atoms with van der Waals surface area (Å²) in [6.45, 7) is 4.00. The maximum absolute atomic E-state index is 6.18. The van der Waals surface area contributed by atoms with Crippen LogP contribution in [0, 0.1) is 0 Å². The molecule has 0 radical (unpaired) electrons. The van der Waals surface area contributed by atoms with Crippen molar-refractivity contribution in [2.75, 3.05) is 14.2 Å². The molecule has 0 aliphatic heterocycles. The van der Waals surface area contributed by atoms with Gasteiger partial charge in [0.15, 0.2) is 0 Å². The number of methoxy groups -OCH3 is 2. The first-order chi connectivity index (χ1) is 11.0. The van der Waals surface area contributed by atoms with Crippen LogP contribution >= 0.6 is 34.8 Å². The minimum Gasteiger partial charge on any atom is -0.497 e. The number of ether oxygens (including phenoxy) is 2. The number of halogens is 3. The molecule has 0 saturated heterocycles. The van der Waals surface area contributed by atoms with E-state index in [0.29, 0.717) is 0 Å². The molecule has 2 aromatic rings. The first-order valence-electron chi connectivity index (χ1n) is 7.30. The van der Waals surface area contributed by atoms with E-state index in [9.17, 15) is 0 Å². The van der Waals surface area contributed by atoms with E-state index in [1.807, 2.05) is 62.4 Å². The normalized spacial score (nSPS) is 10.8. The number of hydrogen-bond donors (Lipinski definition) is 0. The fraction of sp³-hybridized carbons (Fsp3) is 0.333. The van der Waals surface area contributed by atoms with Crippen LogP contribution < -0.4 is 9.47 Å². The smallest absolute Gasteiger partial charge is 0.201 e. The summed E-state index contributed by atoms with van der Waals surface area (Å²) < 4.78 is 8.85. The lowest BCUT2D eigenvalue weighted by atomic mass is 9.92. The highest BCUT2D eigenvalue weighted by Gasteiger charge is 2.35. The van der Waals surface area contributed by atoms with Crippen molar-refractivity contribution in [2.24, 2.45) is 0 Å². The molecule has 0 aromatic heterocycles. The van der Waals surface area contributed by atoms with Crippen LogP contribution in [0.1, 0.15) is 30.9 Å². The van der Waals surface area contributed by atoms with E-state index >= 15 is 0 Å². The Hall–Kier alpha value is -1.09. The van der Waals surface area contributed by atoms with Gasteiger partial charge in [0, 0.05) is 0 Å². The summed E-state index contributed by atoms with van der Waals surface area (Å²) in [5.41, 5.74) is 1.81. The number of benzene rings is 2. The van der Waals surface area contributed by atoms with Gasteiger partial charge in [-0.15, -0.1) is 0 Å². The summed E-state index contributed by atoms with van der Waals surface area (Å²) in [5.74, 6) is 1.15. The minimum atomic E-state index is -1.46. The lowest BCUT2D eigenvalue weighted by Gasteiger charge is -2.25. The van der Waals surface area contributed by atoms with Gasteiger partial charge in [-0.1, -0.05) is 72.9 Å². The van der Waals surface area contributed by atoms with Crippen LogP contribution in [-0.2, 0) is 0 Å². The van der Waals surface area contributed by atoms with E-state index in [0.717, 1.165) is 22.6 Å². The molecule has 0 bridgehead atoms. The zero-order chi connectivity index (χ0) is 17.5. The molecule has 126 valence electrons. The van der Waals surface area contributed by atoms with Gasteiger partial charge in [0.25, 0.3) is 0 Å². The second-order valence-electron chi connectivity index (χ2n) is 4.52. The van der Waals surface area contributed by atoms with Gasteiger partial charge < -0.3 is 9.47 Å². The third-order valence-electron chi connectivity index (χ3n) is 3.23. The molecule has 0 atom stereocenters. The largest absolute Gasteiger partial charge is 0.497 e. The standard InChI is InChI=1S/C16H15Cl3O2.C2H6/c1-20-13-7-3-11(4-8-13)15(16(17,18)19)12-5-9-14(21-2)10-6-12;1-2/h3-10,15H,1-2H3;1-2H3. The Balaban J connectivity index is 0.00000127. The molecule has 0 unspecified atom stereocenters. The number of rotatable bonds is 4. The van der Waals surface area contributed by atoms with Crippen LogP contribution in [0.4, 0.5) is 0 Å². The average Bonchev–Trinajstić information content (AvgIpc) is 2.57. The molecular weight excluding hydrogens is 355 g/mol. The molecular formula is C18H21Cl3O2. The van der Waals surface area contributed by atoms with Crippen molar-refractivity contribution in [3.63, 3.8) is 0 Å². The van der Waals surface area contributed by atoms with Crippen molar-refractivity contribution in [1.82, 2.24) is 0 Å². The molecule has 0 aliphatic rings. The van der Waals surface area contributed by atoms with Gasteiger partial charge >= 0.3 is 0 Å². The summed E-state index contributed by atoms with van der Waals surface area (Å²) in [6.07, 6.45) is 0. The van der Waals surface area contributed by atoms with E-state index in [1.54, 1.807) is 14.2 Å². The van der Waals surface area contributed by atoms with Crippen LogP contribution in [0.2, 0.25) is 0 Å². The molecule has 0 spiro atoms. The monoisotopic (exact) mass is 374 g/mol. The van der Waals surface area contributed by atoms with E-state index in [1.165, 1.54) is 0 Å². The number of hydrogen-bond acceptors (Lipinski definition) is 2. The minimum absolute atomic E-state index is 0.376. The Morgan fingerprint density at radius 3 is 1.22 bits per heavy atom. The van der Waals surface area contributed by atoms with Crippen LogP contribution in [-0.4, -0.2) is 18.0 Å². The van der Waals surface area contributed by atoms with E-state index < -0.39 is 3.79 Å². The Labute approximate surface area is 153 Å². The van der Waals surface area contributed by atoms with Gasteiger partial charge in [-0.25, -0.2) is 0 Å². The van der Waals surface area contributed by atoms with Crippen LogP contribution in [0.25, 0.3) is 0 Å². The first kappa shape index (κ1) is 20.0. The molecule has 2 aromatic carbocycles. The summed E-state index contributed by atoms with van der Waals surface area (Å²) >= 11 is 18.6. The Bertz CT molecular complexity index is 527. The molecule has 2 nitrogen and oxygen atoms in total. The number of alkyl halides is 3. The lowest BCUT2D eigenvalue weighted by Crippen LogP contribution is -2.18. The molecule has 0 aliphatic carbocycles. The summed E-state index contributed by atoms with van der Waals surface area (Å²) in [6, 6.07) is 15.0. The fourth-order valence-electron chi connectivity index (χ4n) is 2.16. The van der Waals surface area contributed by atoms with Gasteiger partial charge in [-0.05, 0) is 35.4 Å². The van der Waals surface area contributed by atoms with Crippen LogP contribution in [0.3, 0.4) is 0 Å². The second-order valence-corrected chi connectivity index (χ2v) is 6.89. The third kappa shape index (κ3) is 5.49. The van der Waals surface area contributed by atoms with Crippen molar-refractivity contribution in [1.29, 1.82) is 0 Å². The van der Waals surface area contributed by atoms with Crippen molar-refractivity contribution in [2.45, 2.75) is 23.6 Å². The van der Waals surface area contributed by atoms with Gasteiger partial charge in [0.05, 0.1) is 20.1 Å². The topological polar surface area (TPSA) is 18.5 Å². The van der Waals surface area contributed by atoms with Crippen LogP contribution in [0.15, 0.2) is 48.5 Å². The summed E-state index contributed by atoms with van der Waals surface area (Å²) in [7, 11) is 3.23. The third-order valence-corrected chi connectivity index (χ3v) is 3.88. The molecule has 23 heavy (non-hydrogen) atoms. The quantitative estimate of drug-likeness (QED) is 0.589. The zero-order valence-electron chi connectivity index (χ0n) is 13.6. The van der Waals surface area contributed by atoms with Crippen LogP contribution in [0.5, 0.6) is 11.5 Å². The Morgan fingerprint density at radius 2 is 1.00 bits per heavy atom.